The molecule has 23 heavy (non-hydrogen) atoms. The molecule has 0 amide bonds. The second-order valence-electron chi connectivity index (χ2n) is 5.89. The lowest BCUT2D eigenvalue weighted by Crippen LogP contribution is -2.38. The standard InChI is InChI=1S/C15H19F3N4S/c1-11-13(23-10-19-11)4-7-21-6-2-3-12(9-21)22-8-5-14(20-22)15(16,17)18/h5,8,10,12H,2-4,6-7,9H2,1H3/t12-/m1/s1. The molecular weight excluding hydrogens is 325 g/mol. The highest BCUT2D eigenvalue weighted by Gasteiger charge is 2.34. The van der Waals surface area contributed by atoms with Crippen LogP contribution < -0.4 is 0 Å². The van der Waals surface area contributed by atoms with E-state index in [0.29, 0.717) is 0 Å². The smallest absolute Gasteiger partial charge is 0.301 e. The SMILES string of the molecule is Cc1ncsc1CCN1CCC[C@@H](n2ccc(C(F)(F)F)n2)C1. The number of thiazole rings is 1. The number of halogens is 3. The van der Waals surface area contributed by atoms with Gasteiger partial charge in [-0.3, -0.25) is 4.68 Å². The number of aromatic nitrogens is 3. The minimum absolute atomic E-state index is 0.0161. The second-order valence-corrected chi connectivity index (χ2v) is 6.83. The summed E-state index contributed by atoms with van der Waals surface area (Å²) in [5, 5.41) is 3.72. The van der Waals surface area contributed by atoms with E-state index in [1.54, 1.807) is 11.3 Å². The van der Waals surface area contributed by atoms with Gasteiger partial charge in [0.05, 0.1) is 17.2 Å². The Morgan fingerprint density at radius 1 is 1.39 bits per heavy atom. The molecule has 1 fully saturated rings. The number of rotatable bonds is 4. The highest BCUT2D eigenvalue weighted by atomic mass is 32.1. The first-order valence-electron chi connectivity index (χ1n) is 7.67. The van der Waals surface area contributed by atoms with Crippen LogP contribution in [0.1, 0.15) is 35.1 Å². The van der Waals surface area contributed by atoms with Crippen molar-refractivity contribution >= 4 is 11.3 Å². The third-order valence-corrected chi connectivity index (χ3v) is 5.25. The number of hydrogen-bond acceptors (Lipinski definition) is 4. The van der Waals surface area contributed by atoms with Crippen molar-refractivity contribution in [1.82, 2.24) is 19.7 Å². The summed E-state index contributed by atoms with van der Waals surface area (Å²) in [6, 6.07) is 1.07. The fourth-order valence-corrected chi connectivity index (χ4v) is 3.74. The van der Waals surface area contributed by atoms with Gasteiger partial charge in [0, 0.05) is 24.2 Å². The molecule has 0 radical (unpaired) electrons. The van der Waals surface area contributed by atoms with Crippen LogP contribution in [0.15, 0.2) is 17.8 Å². The van der Waals surface area contributed by atoms with Crippen LogP contribution >= 0.6 is 11.3 Å². The summed E-state index contributed by atoms with van der Waals surface area (Å²) < 4.78 is 39.5. The highest BCUT2D eigenvalue weighted by Crippen LogP contribution is 2.29. The topological polar surface area (TPSA) is 34.0 Å². The molecule has 2 aromatic heterocycles. The molecule has 1 atom stereocenters. The largest absolute Gasteiger partial charge is 0.435 e. The zero-order valence-corrected chi connectivity index (χ0v) is 13.7. The molecule has 1 aliphatic heterocycles. The van der Waals surface area contributed by atoms with Crippen LogP contribution in [0, 0.1) is 6.92 Å². The van der Waals surface area contributed by atoms with Gasteiger partial charge in [-0.15, -0.1) is 11.3 Å². The molecule has 126 valence electrons. The summed E-state index contributed by atoms with van der Waals surface area (Å²) in [5.41, 5.74) is 2.12. The van der Waals surface area contributed by atoms with Crippen LogP contribution in [0.5, 0.6) is 0 Å². The van der Waals surface area contributed by atoms with Crippen LogP contribution in [-0.4, -0.2) is 39.3 Å². The molecule has 1 saturated heterocycles. The predicted molar refractivity (Wildman–Crippen MR) is 82.5 cm³/mol. The van der Waals surface area contributed by atoms with Gasteiger partial charge in [0.25, 0.3) is 0 Å². The molecule has 0 spiro atoms. The van der Waals surface area contributed by atoms with E-state index in [9.17, 15) is 13.2 Å². The van der Waals surface area contributed by atoms with E-state index >= 15 is 0 Å². The molecule has 0 bridgehead atoms. The summed E-state index contributed by atoms with van der Waals surface area (Å²) in [6.45, 7) is 4.65. The van der Waals surface area contributed by atoms with Crippen molar-refractivity contribution in [2.24, 2.45) is 0 Å². The first-order valence-corrected chi connectivity index (χ1v) is 8.55. The van der Waals surface area contributed by atoms with E-state index in [2.05, 4.69) is 15.0 Å². The fourth-order valence-electron chi connectivity index (χ4n) is 2.97. The van der Waals surface area contributed by atoms with Crippen LogP contribution in [0.4, 0.5) is 13.2 Å². The average Bonchev–Trinajstić information content (AvgIpc) is 3.14. The normalized spacial score (nSPS) is 20.1. The summed E-state index contributed by atoms with van der Waals surface area (Å²) >= 11 is 1.66. The zero-order chi connectivity index (χ0) is 16.4. The molecule has 3 heterocycles. The average molecular weight is 344 g/mol. The first kappa shape index (κ1) is 16.4. The molecule has 2 aromatic rings. The third-order valence-electron chi connectivity index (χ3n) is 4.25. The van der Waals surface area contributed by atoms with Crippen molar-refractivity contribution < 1.29 is 13.2 Å². The van der Waals surface area contributed by atoms with Gasteiger partial charge in [-0.1, -0.05) is 0 Å². The van der Waals surface area contributed by atoms with Crippen molar-refractivity contribution in [2.75, 3.05) is 19.6 Å². The summed E-state index contributed by atoms with van der Waals surface area (Å²) in [4.78, 5) is 7.84. The van der Waals surface area contributed by atoms with E-state index in [0.717, 1.165) is 50.7 Å². The molecule has 1 aliphatic rings. The Labute approximate surface area is 136 Å². The number of likely N-dealkylation sites (tertiary alicyclic amines) is 1. The number of piperidine rings is 1. The minimum Gasteiger partial charge on any atom is -0.301 e. The van der Waals surface area contributed by atoms with Crippen molar-refractivity contribution in [2.45, 2.75) is 38.4 Å². The second kappa shape index (κ2) is 6.60. The van der Waals surface area contributed by atoms with Gasteiger partial charge in [0.15, 0.2) is 5.69 Å². The van der Waals surface area contributed by atoms with Crippen LogP contribution in [-0.2, 0) is 12.6 Å². The molecule has 4 nitrogen and oxygen atoms in total. The quantitative estimate of drug-likeness (QED) is 0.851. The molecule has 0 aromatic carbocycles. The fraction of sp³-hybridized carbons (Fsp3) is 0.600. The van der Waals surface area contributed by atoms with Gasteiger partial charge in [-0.2, -0.15) is 18.3 Å². The number of alkyl halides is 3. The highest BCUT2D eigenvalue weighted by molar-refractivity contribution is 7.09. The third kappa shape index (κ3) is 3.92. The first-order chi connectivity index (χ1) is 10.9. The van der Waals surface area contributed by atoms with Crippen LogP contribution in [0.25, 0.3) is 0 Å². The Morgan fingerprint density at radius 2 is 2.22 bits per heavy atom. The van der Waals surface area contributed by atoms with Gasteiger partial charge < -0.3 is 4.90 Å². The van der Waals surface area contributed by atoms with E-state index in [4.69, 9.17) is 0 Å². The van der Waals surface area contributed by atoms with E-state index in [1.807, 2.05) is 12.4 Å². The zero-order valence-electron chi connectivity index (χ0n) is 12.9. The lowest BCUT2D eigenvalue weighted by Gasteiger charge is -2.32. The van der Waals surface area contributed by atoms with E-state index in [1.165, 1.54) is 15.8 Å². The number of nitrogens with zero attached hydrogens (tertiary/aromatic N) is 4. The lowest BCUT2D eigenvalue weighted by molar-refractivity contribution is -0.141. The van der Waals surface area contributed by atoms with Gasteiger partial charge in [-0.25, -0.2) is 4.98 Å². The number of hydrogen-bond donors (Lipinski definition) is 0. The molecule has 0 unspecified atom stereocenters. The van der Waals surface area contributed by atoms with Crippen LogP contribution in [0.2, 0.25) is 0 Å². The Balaban J connectivity index is 1.60. The lowest BCUT2D eigenvalue weighted by atomic mass is 10.1. The Morgan fingerprint density at radius 3 is 2.87 bits per heavy atom. The van der Waals surface area contributed by atoms with Crippen LogP contribution in [0.3, 0.4) is 0 Å². The Bertz CT molecular complexity index is 649. The van der Waals surface area contributed by atoms with Crippen molar-refractivity contribution in [3.05, 3.63) is 34.0 Å². The van der Waals surface area contributed by atoms with Crippen molar-refractivity contribution in [1.29, 1.82) is 0 Å². The minimum atomic E-state index is -4.37. The Hall–Kier alpha value is -1.41. The number of aryl methyl sites for hydroxylation is 1. The molecule has 8 heteroatoms. The van der Waals surface area contributed by atoms with E-state index < -0.39 is 11.9 Å². The van der Waals surface area contributed by atoms with Gasteiger partial charge in [-0.05, 0) is 38.8 Å². The maximum Gasteiger partial charge on any atom is 0.435 e. The Kier molecular flexibility index (Phi) is 4.72. The predicted octanol–water partition coefficient (Wildman–Crippen LogP) is 3.55. The molecule has 0 N–H and O–H groups in total. The monoisotopic (exact) mass is 344 g/mol. The van der Waals surface area contributed by atoms with Crippen molar-refractivity contribution in [3.63, 3.8) is 0 Å². The van der Waals surface area contributed by atoms with Gasteiger partial charge in [0.2, 0.25) is 0 Å². The molecule has 3 rings (SSSR count). The maximum absolute atomic E-state index is 12.7. The molecule has 0 aliphatic carbocycles. The molecular formula is C15H19F3N4S. The molecule has 0 saturated carbocycles. The van der Waals surface area contributed by atoms with Gasteiger partial charge >= 0.3 is 6.18 Å². The van der Waals surface area contributed by atoms with Crippen molar-refractivity contribution in [3.8, 4) is 0 Å². The summed E-state index contributed by atoms with van der Waals surface area (Å²) in [6.07, 6.45) is -0.133. The summed E-state index contributed by atoms with van der Waals surface area (Å²) in [7, 11) is 0. The van der Waals surface area contributed by atoms with E-state index in [-0.39, 0.29) is 6.04 Å². The van der Waals surface area contributed by atoms with Gasteiger partial charge in [0.1, 0.15) is 0 Å². The summed E-state index contributed by atoms with van der Waals surface area (Å²) in [5.74, 6) is 0. The maximum atomic E-state index is 12.7.